The number of piperidine rings is 1. The molecule has 2 aromatic rings. The number of phenols is 1. The first-order valence-corrected chi connectivity index (χ1v) is 12.2. The summed E-state index contributed by atoms with van der Waals surface area (Å²) in [5, 5.41) is 25.0. The molecule has 1 spiro atoms. The fourth-order valence-electron chi connectivity index (χ4n) is 7.43. The normalized spacial score (nSPS) is 32.2. The zero-order valence-corrected chi connectivity index (χ0v) is 20.1. The van der Waals surface area contributed by atoms with Crippen LogP contribution in [0.25, 0.3) is 6.08 Å². The fraction of sp³-hybridized carbons (Fsp3) is 0.407. The zero-order valence-electron chi connectivity index (χ0n) is 20.1. The van der Waals surface area contributed by atoms with Gasteiger partial charge in [0.2, 0.25) is 5.91 Å². The monoisotopic (exact) mass is 489 g/mol. The van der Waals surface area contributed by atoms with Crippen molar-refractivity contribution in [1.29, 1.82) is 0 Å². The van der Waals surface area contributed by atoms with Crippen molar-refractivity contribution in [3.05, 3.63) is 69.3 Å². The first-order chi connectivity index (χ1) is 17.1. The lowest BCUT2D eigenvalue weighted by molar-refractivity contribution is -0.384. The van der Waals surface area contributed by atoms with Crippen LogP contribution in [0.3, 0.4) is 0 Å². The van der Waals surface area contributed by atoms with Gasteiger partial charge < -0.3 is 20.1 Å². The van der Waals surface area contributed by atoms with Crippen molar-refractivity contribution < 1.29 is 24.4 Å². The van der Waals surface area contributed by atoms with Crippen molar-refractivity contribution in [1.82, 2.24) is 10.2 Å². The number of likely N-dealkylation sites (N-methyl/N-ethyl adjacent to an activating group) is 1. The molecule has 36 heavy (non-hydrogen) atoms. The van der Waals surface area contributed by atoms with Gasteiger partial charge in [-0.25, -0.2) is 0 Å². The highest BCUT2D eigenvalue weighted by Gasteiger charge is 2.78. The molecule has 9 nitrogen and oxygen atoms in total. The Balaban J connectivity index is 1.43. The number of rotatable bonds is 4. The number of benzene rings is 2. The molecule has 6 rings (SSSR count). The van der Waals surface area contributed by atoms with Crippen molar-refractivity contribution >= 4 is 23.5 Å². The third kappa shape index (κ3) is 2.69. The first-order valence-electron chi connectivity index (χ1n) is 12.2. The zero-order chi connectivity index (χ0) is 25.5. The number of hydrogen-bond acceptors (Lipinski definition) is 7. The van der Waals surface area contributed by atoms with Gasteiger partial charge in [-0.1, -0.05) is 6.07 Å². The Bertz CT molecular complexity index is 1350. The molecule has 2 heterocycles. The van der Waals surface area contributed by atoms with Crippen molar-refractivity contribution in [3.63, 3.8) is 0 Å². The number of amides is 1. The van der Waals surface area contributed by atoms with Crippen LogP contribution in [0.15, 0.2) is 42.5 Å². The lowest BCUT2D eigenvalue weighted by Gasteiger charge is -2.66. The summed E-state index contributed by atoms with van der Waals surface area (Å²) in [5.41, 5.74) is -0.214. The summed E-state index contributed by atoms with van der Waals surface area (Å²) in [6.07, 6.45) is 5.08. The molecule has 2 N–H and O–H groups in total. The molecular weight excluding hydrogens is 462 g/mol. The van der Waals surface area contributed by atoms with Crippen molar-refractivity contribution in [3.8, 4) is 11.5 Å². The number of nitrogens with zero attached hydrogens (tertiary/aromatic N) is 2. The minimum absolute atomic E-state index is 0.0134. The molecule has 2 aliphatic carbocycles. The highest BCUT2D eigenvalue weighted by Crippen LogP contribution is 2.68. The quantitative estimate of drug-likeness (QED) is 0.385. The summed E-state index contributed by atoms with van der Waals surface area (Å²) < 4.78 is 6.37. The van der Waals surface area contributed by atoms with E-state index < -0.39 is 21.5 Å². The van der Waals surface area contributed by atoms with Crippen LogP contribution in [0, 0.1) is 10.1 Å². The number of carbonyl (C=O) groups excluding carboxylic acids is 2. The largest absolute Gasteiger partial charge is 0.504 e. The Labute approximate surface area is 207 Å². The van der Waals surface area contributed by atoms with Crippen LogP contribution < -0.4 is 10.1 Å². The van der Waals surface area contributed by atoms with Crippen LogP contribution in [0.4, 0.5) is 5.69 Å². The predicted octanol–water partition coefficient (Wildman–Crippen LogP) is 2.88. The third-order valence-electron chi connectivity index (χ3n) is 9.04. The maximum atomic E-state index is 13.5. The van der Waals surface area contributed by atoms with Crippen LogP contribution in [0.1, 0.15) is 42.9 Å². The molecule has 9 heteroatoms. The van der Waals surface area contributed by atoms with E-state index in [1.165, 1.54) is 18.2 Å². The van der Waals surface area contributed by atoms with E-state index in [4.69, 9.17) is 4.74 Å². The van der Waals surface area contributed by atoms with Crippen molar-refractivity contribution in [2.45, 2.75) is 55.2 Å². The smallest absolute Gasteiger partial charge is 0.269 e. The van der Waals surface area contributed by atoms with Crippen molar-refractivity contribution in [2.75, 3.05) is 13.6 Å². The number of ether oxygens (including phenoxy) is 1. The molecule has 1 saturated carbocycles. The van der Waals surface area contributed by atoms with E-state index in [1.807, 2.05) is 20.0 Å². The van der Waals surface area contributed by atoms with Gasteiger partial charge in [0.25, 0.3) is 5.69 Å². The van der Waals surface area contributed by atoms with E-state index in [9.17, 15) is 24.8 Å². The molecule has 2 aliphatic heterocycles. The first kappa shape index (κ1) is 22.7. The SMILES string of the molecule is CN1CC[C@]23c4c5ccc(O)c4O[C@@]2(C)C(=O)CC[C@@]3(NC(=O)/C=C/c2ccc([N+](=O)[O-])cc2)[C@H]1C5. The Morgan fingerprint density at radius 2 is 2.00 bits per heavy atom. The summed E-state index contributed by atoms with van der Waals surface area (Å²) in [5.74, 6) is 0.0675. The molecule has 4 atom stereocenters. The van der Waals surface area contributed by atoms with Gasteiger partial charge in [0.1, 0.15) is 0 Å². The summed E-state index contributed by atoms with van der Waals surface area (Å²) in [6, 6.07) is 9.47. The minimum Gasteiger partial charge on any atom is -0.504 e. The lowest BCUT2D eigenvalue weighted by Crippen LogP contribution is -2.84. The molecule has 0 aromatic heterocycles. The number of ketones is 1. The fourth-order valence-corrected chi connectivity index (χ4v) is 7.43. The Kier molecular flexibility index (Phi) is 4.67. The molecule has 2 bridgehead atoms. The number of nitrogens with one attached hydrogen (secondary N) is 1. The van der Waals surface area contributed by atoms with E-state index in [2.05, 4.69) is 10.2 Å². The maximum Gasteiger partial charge on any atom is 0.269 e. The van der Waals surface area contributed by atoms with Crippen LogP contribution in [-0.4, -0.2) is 57.4 Å². The van der Waals surface area contributed by atoms with Crippen LogP contribution in [0.2, 0.25) is 0 Å². The second-order valence-corrected chi connectivity index (χ2v) is 10.5. The minimum atomic E-state index is -1.20. The Hall–Kier alpha value is -3.72. The summed E-state index contributed by atoms with van der Waals surface area (Å²) in [6.45, 7) is 2.56. The van der Waals surface area contributed by atoms with Crippen molar-refractivity contribution in [2.24, 2.45) is 0 Å². The third-order valence-corrected chi connectivity index (χ3v) is 9.04. The average molecular weight is 490 g/mol. The van der Waals surface area contributed by atoms with E-state index in [-0.39, 0.29) is 35.6 Å². The molecule has 186 valence electrons. The summed E-state index contributed by atoms with van der Waals surface area (Å²) in [4.78, 5) is 39.6. The van der Waals surface area contributed by atoms with E-state index in [1.54, 1.807) is 24.3 Å². The Morgan fingerprint density at radius 1 is 1.25 bits per heavy atom. The number of likely N-dealkylation sites (tertiary alicyclic amines) is 1. The summed E-state index contributed by atoms with van der Waals surface area (Å²) in [7, 11) is 2.05. The number of hydrogen-bond donors (Lipinski definition) is 2. The van der Waals surface area contributed by atoms with Gasteiger partial charge in [-0.3, -0.25) is 19.7 Å². The second-order valence-electron chi connectivity index (χ2n) is 10.5. The molecule has 0 unspecified atom stereocenters. The van der Waals surface area contributed by atoms with E-state index in [0.29, 0.717) is 30.6 Å². The predicted molar refractivity (Wildman–Crippen MR) is 131 cm³/mol. The van der Waals surface area contributed by atoms with Gasteiger partial charge in [-0.2, -0.15) is 0 Å². The number of Topliss-reactive ketones (excluding diaryl/α,β-unsaturated/α-hetero) is 1. The molecule has 2 fully saturated rings. The molecule has 1 amide bonds. The van der Waals surface area contributed by atoms with E-state index in [0.717, 1.165) is 17.7 Å². The number of nitro benzene ring substituents is 1. The molecular formula is C27H27N3O6. The second kappa shape index (κ2) is 7.39. The number of non-ortho nitro benzene ring substituents is 1. The molecule has 2 aromatic carbocycles. The van der Waals surface area contributed by atoms with Gasteiger partial charge in [0.05, 0.1) is 15.9 Å². The number of nitro groups is 1. The van der Waals surface area contributed by atoms with Gasteiger partial charge in [-0.15, -0.1) is 0 Å². The maximum absolute atomic E-state index is 13.5. The molecule has 1 saturated heterocycles. The van der Waals surface area contributed by atoms with Gasteiger partial charge >= 0.3 is 0 Å². The van der Waals surface area contributed by atoms with Gasteiger partial charge in [0, 0.05) is 36.2 Å². The Morgan fingerprint density at radius 3 is 2.72 bits per heavy atom. The van der Waals surface area contributed by atoms with Crippen LogP contribution in [0.5, 0.6) is 11.5 Å². The standard InChI is InChI=1S/C27H27N3O6/c1-25-21(32)11-12-27(28-22(33)10-5-16-3-7-18(8-4-16)30(34)35)20-15-17-6-9-19(31)24(36-25)23(17)26(25,27)13-14-29(20)2/h3-10,20,31H,11-15H2,1-2H3,(H,28,33)/b10-5+/t20-,25+,26+,27-/m1/s1. The van der Waals surface area contributed by atoms with Crippen LogP contribution >= 0.6 is 0 Å². The highest BCUT2D eigenvalue weighted by atomic mass is 16.6. The topological polar surface area (TPSA) is 122 Å². The molecule has 0 radical (unpaired) electrons. The van der Waals surface area contributed by atoms with E-state index >= 15 is 0 Å². The molecule has 4 aliphatic rings. The highest BCUT2D eigenvalue weighted by molar-refractivity contribution is 5.97. The summed E-state index contributed by atoms with van der Waals surface area (Å²) >= 11 is 0. The number of aromatic hydroxyl groups is 1. The number of phenolic OH excluding ortho intramolecular Hbond substituents is 1. The number of carbonyl (C=O) groups is 2. The average Bonchev–Trinajstić information content (AvgIpc) is 3.14. The van der Waals surface area contributed by atoms with Gasteiger partial charge in [-0.05, 0) is 75.2 Å². The lowest BCUT2D eigenvalue weighted by atomic mass is 9.43. The van der Waals surface area contributed by atoms with Gasteiger partial charge in [0.15, 0.2) is 22.9 Å². The van der Waals surface area contributed by atoms with Crippen LogP contribution in [-0.2, 0) is 21.4 Å².